The van der Waals surface area contributed by atoms with Gasteiger partial charge in [0.05, 0.1) is 24.0 Å². The van der Waals surface area contributed by atoms with Crippen molar-refractivity contribution in [1.82, 2.24) is 20.1 Å². The third-order valence-corrected chi connectivity index (χ3v) is 4.69. The molecule has 0 saturated carbocycles. The highest BCUT2D eigenvalue weighted by atomic mass is 16.5. The van der Waals surface area contributed by atoms with E-state index in [0.29, 0.717) is 18.8 Å². The Morgan fingerprint density at radius 2 is 2.04 bits per heavy atom. The zero-order valence-corrected chi connectivity index (χ0v) is 15.0. The first kappa shape index (κ1) is 17.4. The van der Waals surface area contributed by atoms with Crippen LogP contribution in [0.4, 0.5) is 0 Å². The topological polar surface area (TPSA) is 71.1 Å². The number of carbonyl (C=O) groups is 1. The lowest BCUT2D eigenvalue weighted by Crippen LogP contribution is -2.37. The summed E-state index contributed by atoms with van der Waals surface area (Å²) in [6, 6.07) is 17.4. The van der Waals surface area contributed by atoms with Crippen molar-refractivity contribution in [2.75, 3.05) is 13.2 Å². The second kappa shape index (κ2) is 8.14. The summed E-state index contributed by atoms with van der Waals surface area (Å²) in [6.07, 6.45) is 3.84. The van der Waals surface area contributed by atoms with Gasteiger partial charge in [0.25, 0.3) is 5.91 Å². The summed E-state index contributed by atoms with van der Waals surface area (Å²) >= 11 is 0. The molecule has 1 aromatic carbocycles. The van der Waals surface area contributed by atoms with Crippen LogP contribution in [0.3, 0.4) is 0 Å². The molecule has 1 amide bonds. The molecule has 4 rings (SSSR count). The van der Waals surface area contributed by atoms with Crippen molar-refractivity contribution in [3.63, 3.8) is 0 Å². The first-order valence-corrected chi connectivity index (χ1v) is 9.21. The quantitative estimate of drug-likeness (QED) is 0.730. The van der Waals surface area contributed by atoms with Crippen molar-refractivity contribution in [2.45, 2.75) is 25.5 Å². The summed E-state index contributed by atoms with van der Waals surface area (Å²) < 4.78 is 5.74. The molecule has 1 atom stereocenters. The van der Waals surface area contributed by atoms with Crippen molar-refractivity contribution in [3.8, 4) is 11.3 Å². The predicted molar refractivity (Wildman–Crippen MR) is 102 cm³/mol. The highest BCUT2D eigenvalue weighted by Gasteiger charge is 2.25. The van der Waals surface area contributed by atoms with E-state index >= 15 is 0 Å². The number of carbonyl (C=O) groups excluding carboxylic acids is 1. The molecule has 27 heavy (non-hydrogen) atoms. The van der Waals surface area contributed by atoms with Gasteiger partial charge in [-0.05, 0) is 31.0 Å². The van der Waals surface area contributed by atoms with Crippen LogP contribution in [0.5, 0.6) is 0 Å². The third kappa shape index (κ3) is 4.23. The second-order valence-corrected chi connectivity index (χ2v) is 6.67. The first-order chi connectivity index (χ1) is 13.3. The molecule has 3 aromatic rings. The van der Waals surface area contributed by atoms with Crippen molar-refractivity contribution in [3.05, 3.63) is 72.2 Å². The maximum atomic E-state index is 13.2. The van der Waals surface area contributed by atoms with Crippen LogP contribution in [0, 0.1) is 0 Å². The van der Waals surface area contributed by atoms with Crippen LogP contribution in [0.25, 0.3) is 11.3 Å². The van der Waals surface area contributed by atoms with Crippen molar-refractivity contribution in [1.29, 1.82) is 0 Å². The molecular formula is C21H22N4O2. The number of ether oxygens (including phenoxy) is 1. The Balaban J connectivity index is 1.55. The Morgan fingerprint density at radius 3 is 2.78 bits per heavy atom. The van der Waals surface area contributed by atoms with Gasteiger partial charge in [0.15, 0.2) is 0 Å². The van der Waals surface area contributed by atoms with Gasteiger partial charge in [0.1, 0.15) is 5.69 Å². The zero-order valence-electron chi connectivity index (χ0n) is 15.0. The minimum atomic E-state index is -0.0918. The molecular weight excluding hydrogens is 340 g/mol. The normalized spacial score (nSPS) is 16.4. The molecule has 1 N–H and O–H groups in total. The van der Waals surface area contributed by atoms with E-state index in [1.54, 1.807) is 17.2 Å². The van der Waals surface area contributed by atoms with Crippen LogP contribution in [-0.2, 0) is 11.3 Å². The molecule has 3 heterocycles. The van der Waals surface area contributed by atoms with E-state index in [9.17, 15) is 4.79 Å². The molecule has 0 bridgehead atoms. The number of amides is 1. The summed E-state index contributed by atoms with van der Waals surface area (Å²) in [5.41, 5.74) is 3.06. The van der Waals surface area contributed by atoms with Gasteiger partial charge in [-0.3, -0.25) is 14.9 Å². The highest BCUT2D eigenvalue weighted by molar-refractivity contribution is 5.93. The van der Waals surface area contributed by atoms with Crippen LogP contribution >= 0.6 is 0 Å². The molecule has 6 heteroatoms. The minimum Gasteiger partial charge on any atom is -0.376 e. The lowest BCUT2D eigenvalue weighted by atomic mass is 10.1. The fourth-order valence-electron chi connectivity index (χ4n) is 3.30. The molecule has 1 saturated heterocycles. The molecule has 6 nitrogen and oxygen atoms in total. The first-order valence-electron chi connectivity index (χ1n) is 9.21. The van der Waals surface area contributed by atoms with Crippen molar-refractivity contribution < 1.29 is 9.53 Å². The number of aromatic amines is 1. The van der Waals surface area contributed by atoms with Crippen LogP contribution in [-0.4, -0.2) is 45.2 Å². The number of hydrogen-bond donors (Lipinski definition) is 1. The van der Waals surface area contributed by atoms with Gasteiger partial charge < -0.3 is 9.64 Å². The summed E-state index contributed by atoms with van der Waals surface area (Å²) in [7, 11) is 0. The number of pyridine rings is 1. The molecule has 138 valence electrons. The number of nitrogens with one attached hydrogen (secondary N) is 1. The van der Waals surface area contributed by atoms with E-state index in [-0.39, 0.29) is 12.0 Å². The average molecular weight is 362 g/mol. The smallest absolute Gasteiger partial charge is 0.272 e. The average Bonchev–Trinajstić information content (AvgIpc) is 3.41. The maximum absolute atomic E-state index is 13.2. The molecule has 0 aliphatic carbocycles. The maximum Gasteiger partial charge on any atom is 0.272 e. The van der Waals surface area contributed by atoms with Crippen LogP contribution in [0.1, 0.15) is 29.0 Å². The minimum absolute atomic E-state index is 0.0779. The summed E-state index contributed by atoms with van der Waals surface area (Å²) in [6.45, 7) is 1.76. The van der Waals surface area contributed by atoms with Gasteiger partial charge in [-0.15, -0.1) is 0 Å². The lowest BCUT2D eigenvalue weighted by molar-refractivity contribution is 0.0500. The van der Waals surface area contributed by atoms with Gasteiger partial charge >= 0.3 is 0 Å². The lowest BCUT2D eigenvalue weighted by Gasteiger charge is -2.24. The van der Waals surface area contributed by atoms with Gasteiger partial charge in [0, 0.05) is 24.9 Å². The predicted octanol–water partition coefficient (Wildman–Crippen LogP) is 3.29. The van der Waals surface area contributed by atoms with E-state index in [0.717, 1.165) is 36.4 Å². The number of benzene rings is 1. The Labute approximate surface area is 158 Å². The fraction of sp³-hybridized carbons (Fsp3) is 0.286. The van der Waals surface area contributed by atoms with E-state index < -0.39 is 0 Å². The molecule has 1 aliphatic heterocycles. The largest absolute Gasteiger partial charge is 0.376 e. The van der Waals surface area contributed by atoms with Gasteiger partial charge in [-0.2, -0.15) is 5.10 Å². The molecule has 0 radical (unpaired) electrons. The molecule has 1 fully saturated rings. The Morgan fingerprint density at radius 1 is 1.19 bits per heavy atom. The number of aromatic nitrogens is 3. The van der Waals surface area contributed by atoms with Crippen LogP contribution in [0.2, 0.25) is 0 Å². The van der Waals surface area contributed by atoms with E-state index in [1.807, 2.05) is 48.5 Å². The second-order valence-electron chi connectivity index (χ2n) is 6.67. The number of rotatable bonds is 6. The fourth-order valence-corrected chi connectivity index (χ4v) is 3.30. The monoisotopic (exact) mass is 362 g/mol. The van der Waals surface area contributed by atoms with Gasteiger partial charge in [-0.1, -0.05) is 36.4 Å². The van der Waals surface area contributed by atoms with E-state index in [1.165, 1.54) is 0 Å². The van der Waals surface area contributed by atoms with Crippen LogP contribution in [0.15, 0.2) is 60.8 Å². The highest BCUT2D eigenvalue weighted by Crippen LogP contribution is 2.20. The Hall–Kier alpha value is -2.99. The number of hydrogen-bond acceptors (Lipinski definition) is 4. The Kier molecular flexibility index (Phi) is 5.25. The summed E-state index contributed by atoms with van der Waals surface area (Å²) in [5.74, 6) is -0.0918. The van der Waals surface area contributed by atoms with Crippen molar-refractivity contribution >= 4 is 5.91 Å². The van der Waals surface area contributed by atoms with E-state index in [2.05, 4.69) is 15.2 Å². The summed E-state index contributed by atoms with van der Waals surface area (Å²) in [5, 5.41) is 7.20. The van der Waals surface area contributed by atoms with Gasteiger partial charge in [0.2, 0.25) is 0 Å². The van der Waals surface area contributed by atoms with Crippen molar-refractivity contribution in [2.24, 2.45) is 0 Å². The SMILES string of the molecule is O=C(c1cc(-c2ccccc2)n[nH]1)N(Cc1ccccn1)C[C@@H]1CCCO1. The Bertz CT molecular complexity index is 873. The van der Waals surface area contributed by atoms with Crippen LogP contribution < -0.4 is 0 Å². The zero-order chi connectivity index (χ0) is 18.5. The summed E-state index contributed by atoms with van der Waals surface area (Å²) in [4.78, 5) is 19.3. The third-order valence-electron chi connectivity index (χ3n) is 4.69. The molecule has 2 aromatic heterocycles. The molecule has 0 spiro atoms. The molecule has 0 unspecified atom stereocenters. The van der Waals surface area contributed by atoms with E-state index in [4.69, 9.17) is 4.74 Å². The van der Waals surface area contributed by atoms with Gasteiger partial charge in [-0.25, -0.2) is 0 Å². The number of H-pyrrole nitrogens is 1. The molecule has 1 aliphatic rings. The standard InChI is InChI=1S/C21H22N4O2/c26-21(20-13-19(23-24-20)16-7-2-1-3-8-16)25(15-18-10-6-12-27-18)14-17-9-4-5-11-22-17/h1-5,7-9,11,13,18H,6,10,12,14-15H2,(H,23,24)/t18-/m0/s1. The number of nitrogens with zero attached hydrogens (tertiary/aromatic N) is 3.